The number of benzene rings is 1. The number of fused-ring (bicyclic) bond motifs is 1. The van der Waals surface area contributed by atoms with Gasteiger partial charge in [0, 0.05) is 23.1 Å². The molecule has 0 aliphatic rings. The summed E-state index contributed by atoms with van der Waals surface area (Å²) in [5.74, 6) is -0.263. The smallest absolute Gasteiger partial charge is 0.123 e. The minimum Gasteiger partial charge on any atom is -0.395 e. The predicted octanol–water partition coefficient (Wildman–Crippen LogP) is 1.17. The molecular formula is C11H13FN2O. The molecule has 4 heteroatoms. The molecule has 0 spiro atoms. The first-order chi connectivity index (χ1) is 7.20. The Morgan fingerprint density at radius 3 is 3.00 bits per heavy atom. The van der Waals surface area contributed by atoms with Gasteiger partial charge in [-0.05, 0) is 30.2 Å². The van der Waals surface area contributed by atoms with Crippen LogP contribution < -0.4 is 5.73 Å². The third-order valence-electron chi connectivity index (χ3n) is 2.45. The van der Waals surface area contributed by atoms with Gasteiger partial charge < -0.3 is 15.8 Å². The van der Waals surface area contributed by atoms with Crippen LogP contribution in [0.15, 0.2) is 24.4 Å². The van der Waals surface area contributed by atoms with Crippen LogP contribution in [0.25, 0.3) is 10.9 Å². The lowest BCUT2D eigenvalue weighted by Gasteiger charge is -2.06. The van der Waals surface area contributed by atoms with E-state index < -0.39 is 0 Å². The number of hydrogen-bond donors (Lipinski definition) is 3. The first kappa shape index (κ1) is 10.1. The highest BCUT2D eigenvalue weighted by Crippen LogP contribution is 2.20. The summed E-state index contributed by atoms with van der Waals surface area (Å²) in [5, 5.41) is 9.68. The second-order valence-electron chi connectivity index (χ2n) is 3.65. The summed E-state index contributed by atoms with van der Waals surface area (Å²) in [5.41, 5.74) is 7.46. The van der Waals surface area contributed by atoms with Crippen LogP contribution in [0.2, 0.25) is 0 Å². The van der Waals surface area contributed by atoms with Gasteiger partial charge in [-0.1, -0.05) is 0 Å². The lowest BCUT2D eigenvalue weighted by molar-refractivity contribution is 0.265. The molecule has 0 fully saturated rings. The summed E-state index contributed by atoms with van der Waals surface area (Å²) in [6.45, 7) is -0.0675. The Morgan fingerprint density at radius 2 is 2.27 bits per heavy atom. The van der Waals surface area contributed by atoms with Crippen LogP contribution >= 0.6 is 0 Å². The van der Waals surface area contributed by atoms with Gasteiger partial charge in [0.2, 0.25) is 0 Å². The van der Waals surface area contributed by atoms with Crippen molar-refractivity contribution in [1.82, 2.24) is 4.98 Å². The van der Waals surface area contributed by atoms with Crippen LogP contribution in [-0.4, -0.2) is 22.7 Å². The van der Waals surface area contributed by atoms with E-state index in [2.05, 4.69) is 4.98 Å². The summed E-state index contributed by atoms with van der Waals surface area (Å²) >= 11 is 0. The number of aliphatic hydroxyl groups excluding tert-OH is 1. The molecule has 1 aromatic heterocycles. The number of nitrogens with one attached hydrogen (secondary N) is 1. The molecule has 0 radical (unpaired) electrons. The normalized spacial score (nSPS) is 13.3. The molecule has 2 aromatic rings. The molecule has 80 valence electrons. The number of aromatic amines is 1. The number of nitrogens with two attached hydrogens (primary N) is 1. The third kappa shape index (κ3) is 2.00. The van der Waals surface area contributed by atoms with Gasteiger partial charge in [0.15, 0.2) is 0 Å². The molecule has 0 aliphatic heterocycles. The number of hydrogen-bond acceptors (Lipinski definition) is 2. The predicted molar refractivity (Wildman–Crippen MR) is 57.0 cm³/mol. The Labute approximate surface area is 86.7 Å². The first-order valence-electron chi connectivity index (χ1n) is 4.82. The van der Waals surface area contributed by atoms with Gasteiger partial charge in [-0.3, -0.25) is 0 Å². The number of H-pyrrole nitrogens is 1. The summed E-state index contributed by atoms with van der Waals surface area (Å²) in [4.78, 5) is 3.04. The van der Waals surface area contributed by atoms with Crippen molar-refractivity contribution >= 4 is 10.9 Å². The van der Waals surface area contributed by atoms with Crippen molar-refractivity contribution in [3.8, 4) is 0 Å². The zero-order valence-corrected chi connectivity index (χ0v) is 8.20. The van der Waals surface area contributed by atoms with Crippen molar-refractivity contribution in [3.05, 3.63) is 35.8 Å². The van der Waals surface area contributed by atoms with Gasteiger partial charge in [0.25, 0.3) is 0 Å². The fourth-order valence-electron chi connectivity index (χ4n) is 1.67. The van der Waals surface area contributed by atoms with E-state index in [0.29, 0.717) is 6.42 Å². The standard InChI is InChI=1S/C11H13FN2O/c12-8-1-2-11-10(4-8)7(5-14-11)3-9(13)6-15/h1-2,4-5,9,14-15H,3,6,13H2. The van der Waals surface area contributed by atoms with Gasteiger partial charge in [0.1, 0.15) is 5.82 Å². The van der Waals surface area contributed by atoms with Gasteiger partial charge in [-0.15, -0.1) is 0 Å². The van der Waals surface area contributed by atoms with Crippen LogP contribution in [0, 0.1) is 5.82 Å². The Morgan fingerprint density at radius 1 is 1.47 bits per heavy atom. The van der Waals surface area contributed by atoms with E-state index in [1.807, 2.05) is 0 Å². The fraction of sp³-hybridized carbons (Fsp3) is 0.273. The Balaban J connectivity index is 2.39. The first-order valence-corrected chi connectivity index (χ1v) is 4.82. The summed E-state index contributed by atoms with van der Waals surface area (Å²) in [7, 11) is 0. The monoisotopic (exact) mass is 208 g/mol. The number of aliphatic hydroxyl groups is 1. The van der Waals surface area contributed by atoms with Crippen LogP contribution in [0.5, 0.6) is 0 Å². The van der Waals surface area contributed by atoms with Crippen LogP contribution in [-0.2, 0) is 6.42 Å². The maximum absolute atomic E-state index is 13.0. The highest BCUT2D eigenvalue weighted by molar-refractivity contribution is 5.83. The molecular weight excluding hydrogens is 195 g/mol. The SMILES string of the molecule is NC(CO)Cc1c[nH]c2ccc(F)cc12. The topological polar surface area (TPSA) is 62.0 Å². The van der Waals surface area contributed by atoms with E-state index in [-0.39, 0.29) is 18.5 Å². The Hall–Kier alpha value is -1.39. The van der Waals surface area contributed by atoms with E-state index in [0.717, 1.165) is 16.5 Å². The molecule has 15 heavy (non-hydrogen) atoms. The van der Waals surface area contributed by atoms with Gasteiger partial charge in [-0.25, -0.2) is 4.39 Å². The van der Waals surface area contributed by atoms with Gasteiger partial charge in [0.05, 0.1) is 6.61 Å². The minimum absolute atomic E-state index is 0.0675. The van der Waals surface area contributed by atoms with Crippen molar-refractivity contribution < 1.29 is 9.50 Å². The lowest BCUT2D eigenvalue weighted by atomic mass is 10.1. The number of rotatable bonds is 3. The van der Waals surface area contributed by atoms with Crippen LogP contribution in [0.3, 0.4) is 0 Å². The quantitative estimate of drug-likeness (QED) is 0.709. The zero-order valence-electron chi connectivity index (χ0n) is 8.20. The van der Waals surface area contributed by atoms with Crippen molar-refractivity contribution in [2.45, 2.75) is 12.5 Å². The third-order valence-corrected chi connectivity index (χ3v) is 2.45. The second-order valence-corrected chi connectivity index (χ2v) is 3.65. The average molecular weight is 208 g/mol. The van der Waals surface area contributed by atoms with E-state index in [4.69, 9.17) is 10.8 Å². The molecule has 4 N–H and O–H groups in total. The van der Waals surface area contributed by atoms with Crippen molar-refractivity contribution in [1.29, 1.82) is 0 Å². The zero-order chi connectivity index (χ0) is 10.8. The molecule has 0 saturated carbocycles. The molecule has 2 rings (SSSR count). The molecule has 0 amide bonds. The van der Waals surface area contributed by atoms with E-state index in [9.17, 15) is 4.39 Å². The van der Waals surface area contributed by atoms with E-state index >= 15 is 0 Å². The summed E-state index contributed by atoms with van der Waals surface area (Å²) in [6.07, 6.45) is 2.35. The van der Waals surface area contributed by atoms with Crippen molar-refractivity contribution in [3.63, 3.8) is 0 Å². The second kappa shape index (κ2) is 4.00. The maximum atomic E-state index is 13.0. The van der Waals surface area contributed by atoms with Crippen LogP contribution in [0.1, 0.15) is 5.56 Å². The maximum Gasteiger partial charge on any atom is 0.123 e. The molecule has 1 aromatic carbocycles. The highest BCUT2D eigenvalue weighted by atomic mass is 19.1. The number of aromatic nitrogens is 1. The molecule has 1 atom stereocenters. The lowest BCUT2D eigenvalue weighted by Crippen LogP contribution is -2.26. The number of halogens is 1. The van der Waals surface area contributed by atoms with E-state index in [1.165, 1.54) is 12.1 Å². The minimum atomic E-state index is -0.299. The molecule has 0 saturated heterocycles. The Bertz CT molecular complexity index is 467. The molecule has 0 aliphatic carbocycles. The average Bonchev–Trinajstić information content (AvgIpc) is 2.61. The van der Waals surface area contributed by atoms with E-state index in [1.54, 1.807) is 12.3 Å². The largest absolute Gasteiger partial charge is 0.395 e. The van der Waals surface area contributed by atoms with Gasteiger partial charge >= 0.3 is 0 Å². The summed E-state index contributed by atoms with van der Waals surface area (Å²) in [6, 6.07) is 4.28. The van der Waals surface area contributed by atoms with Crippen molar-refractivity contribution in [2.24, 2.45) is 5.73 Å². The molecule has 1 unspecified atom stereocenters. The molecule has 0 bridgehead atoms. The fourth-order valence-corrected chi connectivity index (χ4v) is 1.67. The van der Waals surface area contributed by atoms with Crippen molar-refractivity contribution in [2.75, 3.05) is 6.61 Å². The highest BCUT2D eigenvalue weighted by Gasteiger charge is 2.08. The van der Waals surface area contributed by atoms with Crippen LogP contribution in [0.4, 0.5) is 4.39 Å². The Kier molecular flexibility index (Phi) is 2.70. The van der Waals surface area contributed by atoms with Gasteiger partial charge in [-0.2, -0.15) is 0 Å². The molecule has 3 nitrogen and oxygen atoms in total. The summed E-state index contributed by atoms with van der Waals surface area (Å²) < 4.78 is 13.0. The molecule has 1 heterocycles.